The summed E-state index contributed by atoms with van der Waals surface area (Å²) in [5.41, 5.74) is 1.27. The van der Waals surface area contributed by atoms with Crippen LogP contribution in [-0.2, 0) is 6.42 Å². The van der Waals surface area contributed by atoms with Gasteiger partial charge >= 0.3 is 0 Å². The third-order valence-electron chi connectivity index (χ3n) is 3.93. The Morgan fingerprint density at radius 2 is 1.89 bits per heavy atom. The van der Waals surface area contributed by atoms with Gasteiger partial charge in [0.15, 0.2) is 17.3 Å². The molecular formula is C19H21N5O4. The molecule has 0 aliphatic rings. The molecule has 0 atom stereocenters. The minimum Gasteiger partial charge on any atom is -0.493 e. The molecule has 1 amide bonds. The molecule has 146 valence electrons. The van der Waals surface area contributed by atoms with E-state index in [1.54, 1.807) is 33.3 Å². The first-order valence-corrected chi connectivity index (χ1v) is 8.60. The summed E-state index contributed by atoms with van der Waals surface area (Å²) >= 11 is 0. The van der Waals surface area contributed by atoms with Crippen LogP contribution in [0.1, 0.15) is 21.8 Å². The lowest BCUT2D eigenvalue weighted by Gasteiger charge is -2.10. The Balaban J connectivity index is 1.57. The number of rotatable bonds is 8. The molecule has 9 heteroatoms. The zero-order valence-electron chi connectivity index (χ0n) is 15.9. The molecular weight excluding hydrogens is 362 g/mol. The van der Waals surface area contributed by atoms with E-state index in [9.17, 15) is 4.79 Å². The van der Waals surface area contributed by atoms with E-state index in [2.05, 4.69) is 25.8 Å². The Kier molecular flexibility index (Phi) is 6.05. The minimum absolute atomic E-state index is 0.255. The Labute approximate surface area is 162 Å². The second-order valence-electron chi connectivity index (χ2n) is 5.93. The molecule has 0 radical (unpaired) electrons. The number of benzene rings is 1. The minimum atomic E-state index is -0.290. The van der Waals surface area contributed by atoms with Crippen LogP contribution in [-0.4, -0.2) is 41.8 Å². The van der Waals surface area contributed by atoms with Crippen molar-refractivity contribution in [1.82, 2.24) is 20.4 Å². The van der Waals surface area contributed by atoms with Gasteiger partial charge in [-0.2, -0.15) is 0 Å². The monoisotopic (exact) mass is 383 g/mol. The zero-order valence-corrected chi connectivity index (χ0v) is 15.9. The van der Waals surface area contributed by atoms with Gasteiger partial charge in [-0.1, -0.05) is 11.2 Å². The number of ether oxygens (including phenoxy) is 2. The standard InChI is InChI=1S/C19H21N5O4/c1-12-8-18(24-28-12)23-17-10-14(21-11-22-17)19(25)20-7-6-13-4-5-15(26-2)16(9-13)27-3/h4-5,8-11H,6-7H2,1-3H3,(H,20,25)(H,21,22,23,24). The van der Waals surface area contributed by atoms with Crippen molar-refractivity contribution in [2.24, 2.45) is 0 Å². The second kappa shape index (κ2) is 8.85. The molecule has 0 saturated heterocycles. The Morgan fingerprint density at radius 1 is 1.07 bits per heavy atom. The Morgan fingerprint density at radius 3 is 2.61 bits per heavy atom. The van der Waals surface area contributed by atoms with E-state index in [4.69, 9.17) is 14.0 Å². The van der Waals surface area contributed by atoms with Crippen molar-refractivity contribution in [3.05, 3.63) is 53.7 Å². The molecule has 0 saturated carbocycles. The summed E-state index contributed by atoms with van der Waals surface area (Å²) in [5.74, 6) is 2.66. The third kappa shape index (κ3) is 4.76. The maximum atomic E-state index is 12.4. The Bertz CT molecular complexity index is 957. The van der Waals surface area contributed by atoms with Gasteiger partial charge in [0.25, 0.3) is 5.91 Å². The average Bonchev–Trinajstić information content (AvgIpc) is 3.12. The topological polar surface area (TPSA) is 111 Å². The van der Waals surface area contributed by atoms with Gasteiger partial charge in [-0.3, -0.25) is 4.79 Å². The average molecular weight is 383 g/mol. The van der Waals surface area contributed by atoms with Gasteiger partial charge in [0.05, 0.1) is 14.2 Å². The maximum absolute atomic E-state index is 12.4. The number of aromatic nitrogens is 3. The first kappa shape index (κ1) is 19.2. The highest BCUT2D eigenvalue weighted by Gasteiger charge is 2.10. The molecule has 3 rings (SSSR count). The number of methoxy groups -OCH3 is 2. The van der Waals surface area contributed by atoms with Gasteiger partial charge in [-0.25, -0.2) is 9.97 Å². The molecule has 0 bridgehead atoms. The second-order valence-corrected chi connectivity index (χ2v) is 5.93. The van der Waals surface area contributed by atoms with Crippen LogP contribution in [0, 0.1) is 6.92 Å². The van der Waals surface area contributed by atoms with Gasteiger partial charge in [-0.05, 0) is 31.0 Å². The SMILES string of the molecule is COc1ccc(CCNC(=O)c2cc(Nc3cc(C)on3)ncn2)cc1OC. The molecule has 2 N–H and O–H groups in total. The summed E-state index contributed by atoms with van der Waals surface area (Å²) in [6.07, 6.45) is 1.96. The summed E-state index contributed by atoms with van der Waals surface area (Å²) in [6, 6.07) is 8.93. The van der Waals surface area contributed by atoms with E-state index in [0.29, 0.717) is 41.9 Å². The lowest BCUT2D eigenvalue weighted by molar-refractivity contribution is 0.0949. The van der Waals surface area contributed by atoms with E-state index < -0.39 is 0 Å². The van der Waals surface area contributed by atoms with Crippen LogP contribution in [0.2, 0.25) is 0 Å². The van der Waals surface area contributed by atoms with Crippen LogP contribution in [0.5, 0.6) is 11.5 Å². The molecule has 0 aliphatic carbocycles. The summed E-state index contributed by atoms with van der Waals surface area (Å²) in [6.45, 7) is 2.24. The van der Waals surface area contributed by atoms with Crippen molar-refractivity contribution < 1.29 is 18.8 Å². The number of carbonyl (C=O) groups is 1. The van der Waals surface area contributed by atoms with Gasteiger partial charge in [0, 0.05) is 18.7 Å². The fraction of sp³-hybridized carbons (Fsp3) is 0.263. The third-order valence-corrected chi connectivity index (χ3v) is 3.93. The van der Waals surface area contributed by atoms with Crippen molar-refractivity contribution in [2.75, 3.05) is 26.1 Å². The van der Waals surface area contributed by atoms with Gasteiger partial charge in [-0.15, -0.1) is 0 Å². The van der Waals surface area contributed by atoms with Gasteiger partial charge in [0.1, 0.15) is 23.6 Å². The highest BCUT2D eigenvalue weighted by atomic mass is 16.5. The van der Waals surface area contributed by atoms with E-state index in [1.807, 2.05) is 18.2 Å². The molecule has 0 aliphatic heterocycles. The van der Waals surface area contributed by atoms with E-state index in [0.717, 1.165) is 5.56 Å². The van der Waals surface area contributed by atoms with Crippen molar-refractivity contribution in [3.8, 4) is 11.5 Å². The molecule has 2 aromatic heterocycles. The number of hydrogen-bond donors (Lipinski definition) is 2. The fourth-order valence-electron chi connectivity index (χ4n) is 2.55. The van der Waals surface area contributed by atoms with E-state index >= 15 is 0 Å². The molecule has 2 heterocycles. The molecule has 0 unspecified atom stereocenters. The van der Waals surface area contributed by atoms with E-state index in [1.165, 1.54) is 6.33 Å². The molecule has 9 nitrogen and oxygen atoms in total. The lowest BCUT2D eigenvalue weighted by Crippen LogP contribution is -2.26. The summed E-state index contributed by atoms with van der Waals surface area (Å²) < 4.78 is 15.5. The normalized spacial score (nSPS) is 10.4. The molecule has 3 aromatic rings. The quantitative estimate of drug-likeness (QED) is 0.610. The van der Waals surface area contributed by atoms with Crippen molar-refractivity contribution >= 4 is 17.5 Å². The van der Waals surface area contributed by atoms with Crippen LogP contribution >= 0.6 is 0 Å². The number of nitrogens with zero attached hydrogens (tertiary/aromatic N) is 3. The van der Waals surface area contributed by atoms with Crippen molar-refractivity contribution in [2.45, 2.75) is 13.3 Å². The lowest BCUT2D eigenvalue weighted by atomic mass is 10.1. The predicted molar refractivity (Wildman–Crippen MR) is 102 cm³/mol. The number of hydrogen-bond acceptors (Lipinski definition) is 8. The zero-order chi connectivity index (χ0) is 19.9. The molecule has 0 fully saturated rings. The van der Waals surface area contributed by atoms with Crippen molar-refractivity contribution in [3.63, 3.8) is 0 Å². The Hall–Kier alpha value is -3.62. The van der Waals surface area contributed by atoms with Crippen molar-refractivity contribution in [1.29, 1.82) is 0 Å². The largest absolute Gasteiger partial charge is 0.493 e. The summed E-state index contributed by atoms with van der Waals surface area (Å²) in [4.78, 5) is 20.5. The fourth-order valence-corrected chi connectivity index (χ4v) is 2.55. The number of amides is 1. The smallest absolute Gasteiger partial charge is 0.270 e. The van der Waals surface area contributed by atoms with Crippen LogP contribution < -0.4 is 20.1 Å². The molecule has 0 spiro atoms. The maximum Gasteiger partial charge on any atom is 0.270 e. The van der Waals surface area contributed by atoms with Gasteiger partial charge in [0.2, 0.25) is 0 Å². The predicted octanol–water partition coefficient (Wildman–Crippen LogP) is 2.51. The first-order valence-electron chi connectivity index (χ1n) is 8.60. The highest BCUT2D eigenvalue weighted by molar-refractivity contribution is 5.92. The summed E-state index contributed by atoms with van der Waals surface area (Å²) in [7, 11) is 3.18. The molecule has 28 heavy (non-hydrogen) atoms. The van der Waals surface area contributed by atoms with Gasteiger partial charge < -0.3 is 24.6 Å². The highest BCUT2D eigenvalue weighted by Crippen LogP contribution is 2.27. The number of aryl methyl sites for hydroxylation is 1. The van der Waals surface area contributed by atoms with Crippen LogP contribution in [0.25, 0.3) is 0 Å². The number of nitrogens with one attached hydrogen (secondary N) is 2. The number of carbonyl (C=O) groups excluding carboxylic acids is 1. The van der Waals surface area contributed by atoms with E-state index in [-0.39, 0.29) is 11.6 Å². The molecule has 1 aromatic carbocycles. The van der Waals surface area contributed by atoms with Crippen LogP contribution in [0.3, 0.4) is 0 Å². The van der Waals surface area contributed by atoms with Crippen LogP contribution in [0.4, 0.5) is 11.6 Å². The number of anilines is 2. The first-order chi connectivity index (χ1) is 13.6. The summed E-state index contributed by atoms with van der Waals surface area (Å²) in [5, 5.41) is 9.64. The van der Waals surface area contributed by atoms with Crippen LogP contribution in [0.15, 0.2) is 41.2 Å².